The van der Waals surface area contributed by atoms with Crippen molar-refractivity contribution in [3.05, 3.63) is 0 Å². The standard InChI is InChI=1S/C6H14O2.CH4/c1-3-4-8-5-6(2)7;/h6-7H,3-5H2,1-2H3;1H4. The number of aliphatic hydroxyl groups is 1. The Balaban J connectivity index is 0. The summed E-state index contributed by atoms with van der Waals surface area (Å²) < 4.78 is 4.99. The van der Waals surface area contributed by atoms with Crippen LogP contribution in [0.3, 0.4) is 0 Å². The Bertz CT molecular complexity index is 44.2. The lowest BCUT2D eigenvalue weighted by Crippen LogP contribution is -2.10. The fraction of sp³-hybridized carbons (Fsp3) is 1.00. The van der Waals surface area contributed by atoms with Gasteiger partial charge in [0.1, 0.15) is 0 Å². The minimum atomic E-state index is -0.318. The lowest BCUT2D eigenvalue weighted by atomic mass is 10.4. The Morgan fingerprint density at radius 2 is 2.11 bits per heavy atom. The van der Waals surface area contributed by atoms with Crippen LogP contribution in [-0.4, -0.2) is 24.4 Å². The number of hydrogen-bond donors (Lipinski definition) is 1. The number of aliphatic hydroxyl groups excluding tert-OH is 1. The lowest BCUT2D eigenvalue weighted by molar-refractivity contribution is 0.0466. The Hall–Kier alpha value is -0.0800. The van der Waals surface area contributed by atoms with Gasteiger partial charge in [-0.25, -0.2) is 0 Å². The lowest BCUT2D eigenvalue weighted by Gasteiger charge is -2.02. The molecule has 0 aliphatic heterocycles. The Morgan fingerprint density at radius 1 is 1.56 bits per heavy atom. The van der Waals surface area contributed by atoms with Gasteiger partial charge in [-0.2, -0.15) is 0 Å². The zero-order valence-electron chi connectivity index (χ0n) is 5.55. The summed E-state index contributed by atoms with van der Waals surface area (Å²) in [6.07, 6.45) is 0.703. The van der Waals surface area contributed by atoms with Crippen molar-refractivity contribution in [1.29, 1.82) is 0 Å². The molecule has 2 nitrogen and oxygen atoms in total. The van der Waals surface area contributed by atoms with E-state index in [1.165, 1.54) is 0 Å². The molecule has 0 bridgehead atoms. The summed E-state index contributed by atoms with van der Waals surface area (Å²) >= 11 is 0. The summed E-state index contributed by atoms with van der Waals surface area (Å²) in [6, 6.07) is 0. The van der Waals surface area contributed by atoms with E-state index in [9.17, 15) is 0 Å². The van der Waals surface area contributed by atoms with Crippen molar-refractivity contribution < 1.29 is 9.84 Å². The minimum absolute atomic E-state index is 0. The second kappa shape index (κ2) is 7.92. The first-order valence-electron chi connectivity index (χ1n) is 3.03. The highest BCUT2D eigenvalue weighted by Crippen LogP contribution is 1.83. The van der Waals surface area contributed by atoms with Gasteiger partial charge < -0.3 is 9.84 Å². The summed E-state index contributed by atoms with van der Waals surface area (Å²) in [5.41, 5.74) is 0. The fourth-order valence-electron chi connectivity index (χ4n) is 0.398. The molecule has 0 saturated carbocycles. The van der Waals surface area contributed by atoms with E-state index in [1.807, 2.05) is 6.92 Å². The van der Waals surface area contributed by atoms with Crippen molar-refractivity contribution in [2.75, 3.05) is 13.2 Å². The Labute approximate surface area is 57.8 Å². The first-order valence-corrected chi connectivity index (χ1v) is 3.03. The van der Waals surface area contributed by atoms with Crippen LogP contribution in [0, 0.1) is 0 Å². The maximum absolute atomic E-state index is 8.65. The van der Waals surface area contributed by atoms with Crippen molar-refractivity contribution in [1.82, 2.24) is 0 Å². The van der Waals surface area contributed by atoms with Crippen molar-refractivity contribution in [3.8, 4) is 0 Å². The second-order valence-corrected chi connectivity index (χ2v) is 1.92. The van der Waals surface area contributed by atoms with Gasteiger partial charge in [-0.05, 0) is 13.3 Å². The summed E-state index contributed by atoms with van der Waals surface area (Å²) in [4.78, 5) is 0. The number of rotatable bonds is 4. The molecule has 1 N–H and O–H groups in total. The van der Waals surface area contributed by atoms with Crippen molar-refractivity contribution in [2.24, 2.45) is 0 Å². The van der Waals surface area contributed by atoms with Crippen LogP contribution in [-0.2, 0) is 4.74 Å². The number of hydrogen-bond acceptors (Lipinski definition) is 2. The molecular weight excluding hydrogens is 116 g/mol. The molecule has 58 valence electrons. The van der Waals surface area contributed by atoms with Gasteiger partial charge in [-0.1, -0.05) is 14.4 Å². The fourth-order valence-corrected chi connectivity index (χ4v) is 0.398. The van der Waals surface area contributed by atoms with E-state index in [0.29, 0.717) is 6.61 Å². The zero-order valence-corrected chi connectivity index (χ0v) is 5.55. The van der Waals surface area contributed by atoms with Crippen LogP contribution in [0.4, 0.5) is 0 Å². The van der Waals surface area contributed by atoms with Gasteiger partial charge in [0.25, 0.3) is 0 Å². The molecule has 1 unspecified atom stereocenters. The Kier molecular flexibility index (Phi) is 10.3. The quantitative estimate of drug-likeness (QED) is 0.589. The van der Waals surface area contributed by atoms with Crippen LogP contribution in [0.25, 0.3) is 0 Å². The van der Waals surface area contributed by atoms with Crippen LogP contribution < -0.4 is 0 Å². The normalized spacial score (nSPS) is 12.3. The van der Waals surface area contributed by atoms with E-state index >= 15 is 0 Å². The highest BCUT2D eigenvalue weighted by atomic mass is 16.5. The van der Waals surface area contributed by atoms with Gasteiger partial charge in [-0.15, -0.1) is 0 Å². The monoisotopic (exact) mass is 134 g/mol. The minimum Gasteiger partial charge on any atom is -0.391 e. The van der Waals surface area contributed by atoms with Gasteiger partial charge in [-0.3, -0.25) is 0 Å². The summed E-state index contributed by atoms with van der Waals surface area (Å²) in [7, 11) is 0. The third-order valence-electron chi connectivity index (χ3n) is 0.708. The van der Waals surface area contributed by atoms with Gasteiger partial charge >= 0.3 is 0 Å². The molecule has 0 aliphatic rings. The SMILES string of the molecule is C.CCCOCC(C)O. The molecule has 0 rings (SSSR count). The van der Waals surface area contributed by atoms with E-state index in [4.69, 9.17) is 9.84 Å². The summed E-state index contributed by atoms with van der Waals surface area (Å²) in [5, 5.41) is 8.65. The van der Waals surface area contributed by atoms with Crippen LogP contribution >= 0.6 is 0 Å². The van der Waals surface area contributed by atoms with Gasteiger partial charge in [0.05, 0.1) is 12.7 Å². The summed E-state index contributed by atoms with van der Waals surface area (Å²) in [6.45, 7) is 4.98. The van der Waals surface area contributed by atoms with Crippen molar-refractivity contribution in [3.63, 3.8) is 0 Å². The largest absolute Gasteiger partial charge is 0.391 e. The highest BCUT2D eigenvalue weighted by Gasteiger charge is 1.91. The molecule has 0 aromatic carbocycles. The third-order valence-corrected chi connectivity index (χ3v) is 0.708. The van der Waals surface area contributed by atoms with Gasteiger partial charge in [0.2, 0.25) is 0 Å². The number of ether oxygens (including phenoxy) is 1. The average molecular weight is 134 g/mol. The molecule has 9 heavy (non-hydrogen) atoms. The molecule has 0 fully saturated rings. The highest BCUT2D eigenvalue weighted by molar-refractivity contribution is 4.39. The van der Waals surface area contributed by atoms with E-state index in [1.54, 1.807) is 6.92 Å². The Morgan fingerprint density at radius 3 is 2.44 bits per heavy atom. The molecule has 0 spiro atoms. The molecule has 0 saturated heterocycles. The van der Waals surface area contributed by atoms with Crippen molar-refractivity contribution in [2.45, 2.75) is 33.8 Å². The van der Waals surface area contributed by atoms with Crippen LogP contribution in [0.2, 0.25) is 0 Å². The second-order valence-electron chi connectivity index (χ2n) is 1.92. The van der Waals surface area contributed by atoms with E-state index in [0.717, 1.165) is 13.0 Å². The molecule has 0 aliphatic carbocycles. The maximum Gasteiger partial charge on any atom is 0.0745 e. The molecule has 0 amide bonds. The van der Waals surface area contributed by atoms with E-state index in [2.05, 4.69) is 0 Å². The van der Waals surface area contributed by atoms with Gasteiger partial charge in [0.15, 0.2) is 0 Å². The average Bonchev–Trinajstić information content (AvgIpc) is 1.66. The van der Waals surface area contributed by atoms with Crippen LogP contribution in [0.1, 0.15) is 27.7 Å². The molecule has 0 radical (unpaired) electrons. The smallest absolute Gasteiger partial charge is 0.0745 e. The first-order chi connectivity index (χ1) is 3.77. The third kappa shape index (κ3) is 11.5. The topological polar surface area (TPSA) is 29.5 Å². The molecule has 1 atom stereocenters. The first kappa shape index (κ1) is 11.7. The van der Waals surface area contributed by atoms with E-state index < -0.39 is 0 Å². The van der Waals surface area contributed by atoms with E-state index in [-0.39, 0.29) is 13.5 Å². The zero-order chi connectivity index (χ0) is 6.41. The van der Waals surface area contributed by atoms with Crippen LogP contribution in [0.5, 0.6) is 0 Å². The predicted octanol–water partition coefficient (Wildman–Crippen LogP) is 1.43. The predicted molar refractivity (Wildman–Crippen MR) is 39.5 cm³/mol. The molecule has 2 heteroatoms. The van der Waals surface area contributed by atoms with Crippen LogP contribution in [0.15, 0.2) is 0 Å². The molecule has 0 heterocycles. The van der Waals surface area contributed by atoms with Crippen molar-refractivity contribution >= 4 is 0 Å². The van der Waals surface area contributed by atoms with Gasteiger partial charge in [0, 0.05) is 6.61 Å². The maximum atomic E-state index is 8.65. The molecule has 0 aromatic heterocycles. The summed E-state index contributed by atoms with van der Waals surface area (Å²) in [5.74, 6) is 0. The molecule has 0 aromatic rings. The molecular formula is C7H18O2.